The van der Waals surface area contributed by atoms with Gasteiger partial charge in [-0.25, -0.2) is 13.4 Å². The number of nitrogens with zero attached hydrogens (tertiary/aromatic N) is 6. The SMILES string of the molecule is CS(=O)(=O)N1CCN(C(=O)c2ccc3c(n2)CCC2C3=NN(c3ccc(C#N)c(Cl)c3)C2C2CCCC2)CC1. The monoisotopic (exact) mass is 566 g/mol. The van der Waals surface area contributed by atoms with Crippen LogP contribution in [0.4, 0.5) is 5.69 Å². The van der Waals surface area contributed by atoms with E-state index in [2.05, 4.69) is 11.1 Å². The van der Waals surface area contributed by atoms with Crippen molar-refractivity contribution in [2.45, 2.75) is 44.6 Å². The molecule has 2 aromatic rings. The van der Waals surface area contributed by atoms with E-state index >= 15 is 0 Å². The number of hydrogen-bond acceptors (Lipinski definition) is 7. The summed E-state index contributed by atoms with van der Waals surface area (Å²) in [7, 11) is -3.26. The number of nitriles is 1. The number of pyridine rings is 1. The Bertz CT molecular complexity index is 1490. The van der Waals surface area contributed by atoms with Gasteiger partial charge in [0, 0.05) is 37.7 Å². The summed E-state index contributed by atoms with van der Waals surface area (Å²) in [5, 5.41) is 17.0. The van der Waals surface area contributed by atoms with Crippen molar-refractivity contribution in [3.8, 4) is 6.07 Å². The summed E-state index contributed by atoms with van der Waals surface area (Å²) in [5.74, 6) is 0.633. The number of carbonyl (C=O) groups excluding carboxylic acids is 1. The van der Waals surface area contributed by atoms with Gasteiger partial charge in [-0.1, -0.05) is 24.4 Å². The summed E-state index contributed by atoms with van der Waals surface area (Å²) >= 11 is 6.41. The third kappa shape index (κ3) is 4.81. The van der Waals surface area contributed by atoms with Crippen molar-refractivity contribution < 1.29 is 13.2 Å². The molecule has 1 aromatic carbocycles. The van der Waals surface area contributed by atoms with E-state index in [9.17, 15) is 18.5 Å². The number of amides is 1. The number of benzene rings is 1. The van der Waals surface area contributed by atoms with Gasteiger partial charge in [0.25, 0.3) is 5.91 Å². The van der Waals surface area contributed by atoms with E-state index in [4.69, 9.17) is 21.7 Å². The molecule has 9 nitrogen and oxygen atoms in total. The van der Waals surface area contributed by atoms with Gasteiger partial charge in [-0.3, -0.25) is 9.80 Å². The van der Waals surface area contributed by atoms with Gasteiger partial charge < -0.3 is 4.90 Å². The third-order valence-corrected chi connectivity index (χ3v) is 10.3. The second kappa shape index (κ2) is 10.2. The average Bonchev–Trinajstić information content (AvgIpc) is 3.60. The molecule has 1 saturated carbocycles. The van der Waals surface area contributed by atoms with Crippen molar-refractivity contribution in [3.63, 3.8) is 0 Å². The highest BCUT2D eigenvalue weighted by atomic mass is 35.5. The van der Waals surface area contributed by atoms with Crippen LogP contribution < -0.4 is 5.01 Å². The van der Waals surface area contributed by atoms with E-state index in [-0.39, 0.29) is 17.9 Å². The molecule has 2 unspecified atom stereocenters. The molecule has 3 heterocycles. The van der Waals surface area contributed by atoms with Gasteiger partial charge in [0.2, 0.25) is 10.0 Å². The first-order chi connectivity index (χ1) is 18.7. The molecular weight excluding hydrogens is 536 g/mol. The molecule has 2 aliphatic heterocycles. The Morgan fingerprint density at radius 1 is 1.08 bits per heavy atom. The van der Waals surface area contributed by atoms with Crippen LogP contribution in [0.2, 0.25) is 5.02 Å². The van der Waals surface area contributed by atoms with Crippen molar-refractivity contribution in [3.05, 3.63) is 57.9 Å². The number of piperazine rings is 1. The number of carbonyl (C=O) groups is 1. The Balaban J connectivity index is 1.28. The van der Waals surface area contributed by atoms with Gasteiger partial charge in [0.1, 0.15) is 11.8 Å². The molecule has 0 spiro atoms. The maximum atomic E-state index is 13.2. The minimum atomic E-state index is -3.26. The fraction of sp³-hybridized carbons (Fsp3) is 0.500. The number of fused-ring (bicyclic) bond motifs is 3. The highest BCUT2D eigenvalue weighted by Gasteiger charge is 2.46. The summed E-state index contributed by atoms with van der Waals surface area (Å²) in [6.07, 6.45) is 7.69. The number of aryl methyl sites for hydroxylation is 1. The molecule has 1 aromatic heterocycles. The summed E-state index contributed by atoms with van der Waals surface area (Å²) in [6, 6.07) is 11.7. The van der Waals surface area contributed by atoms with Gasteiger partial charge in [-0.05, 0) is 61.9 Å². The zero-order valence-corrected chi connectivity index (χ0v) is 23.5. The fourth-order valence-electron chi connectivity index (χ4n) is 6.67. The smallest absolute Gasteiger partial charge is 0.272 e. The minimum absolute atomic E-state index is 0.167. The zero-order valence-electron chi connectivity index (χ0n) is 21.9. The van der Waals surface area contributed by atoms with Crippen molar-refractivity contribution in [1.29, 1.82) is 5.26 Å². The summed E-state index contributed by atoms with van der Waals surface area (Å²) < 4.78 is 25.1. The third-order valence-electron chi connectivity index (χ3n) is 8.64. The molecule has 0 bridgehead atoms. The molecule has 0 radical (unpaired) electrons. The van der Waals surface area contributed by atoms with Gasteiger partial charge in [-0.2, -0.15) is 14.7 Å². The minimum Gasteiger partial charge on any atom is -0.335 e. The molecule has 1 saturated heterocycles. The van der Waals surface area contributed by atoms with Gasteiger partial charge >= 0.3 is 0 Å². The molecule has 1 amide bonds. The van der Waals surface area contributed by atoms with Gasteiger partial charge in [0.05, 0.1) is 40.0 Å². The van der Waals surface area contributed by atoms with E-state index < -0.39 is 10.0 Å². The Kier molecular flexibility index (Phi) is 6.86. The normalized spacial score (nSPS) is 23.8. The zero-order chi connectivity index (χ0) is 27.3. The molecule has 2 fully saturated rings. The number of hydrogen-bond donors (Lipinski definition) is 0. The van der Waals surface area contributed by atoms with Crippen LogP contribution in [0.15, 0.2) is 35.4 Å². The first kappa shape index (κ1) is 26.2. The largest absolute Gasteiger partial charge is 0.335 e. The van der Waals surface area contributed by atoms with Crippen molar-refractivity contribution in [2.75, 3.05) is 37.4 Å². The lowest BCUT2D eigenvalue weighted by Crippen LogP contribution is -2.50. The van der Waals surface area contributed by atoms with Crippen LogP contribution in [-0.4, -0.2) is 72.7 Å². The molecule has 0 N–H and O–H groups in total. The lowest BCUT2D eigenvalue weighted by atomic mass is 9.76. The standard InChI is InChI=1S/C28H31ClN6O3S/c1-39(37,38)34-14-12-33(13-15-34)28(36)25-11-8-21-24(31-25)10-9-22-26(21)32-35(27(22)18-4-2-3-5-18)20-7-6-19(17-30)23(29)16-20/h6-8,11,16,18,22,27H,2-5,9-10,12-15H2,1H3. The number of aromatic nitrogens is 1. The van der Waals surface area contributed by atoms with E-state index in [0.717, 1.165) is 35.5 Å². The van der Waals surface area contributed by atoms with Gasteiger partial charge in [0.15, 0.2) is 0 Å². The molecule has 6 rings (SSSR count). The Labute approximate surface area is 234 Å². The number of anilines is 1. The summed E-state index contributed by atoms with van der Waals surface area (Å²) in [6.45, 7) is 1.30. The maximum absolute atomic E-state index is 13.2. The second-order valence-corrected chi connectivity index (χ2v) is 13.3. The van der Waals surface area contributed by atoms with Gasteiger partial charge in [-0.15, -0.1) is 0 Å². The lowest BCUT2D eigenvalue weighted by molar-refractivity contribution is 0.0692. The van der Waals surface area contributed by atoms with Crippen LogP contribution in [0.3, 0.4) is 0 Å². The Morgan fingerprint density at radius 2 is 1.82 bits per heavy atom. The van der Waals surface area contributed by atoms with Crippen LogP contribution >= 0.6 is 11.6 Å². The lowest BCUT2D eigenvalue weighted by Gasteiger charge is -2.34. The maximum Gasteiger partial charge on any atom is 0.272 e. The number of halogens is 1. The van der Waals surface area contributed by atoms with Crippen LogP contribution in [0.1, 0.15) is 59.4 Å². The Morgan fingerprint density at radius 3 is 2.49 bits per heavy atom. The van der Waals surface area contributed by atoms with Crippen LogP contribution in [0.5, 0.6) is 0 Å². The van der Waals surface area contributed by atoms with Crippen molar-refractivity contribution in [2.24, 2.45) is 16.9 Å². The van der Waals surface area contributed by atoms with Crippen LogP contribution in [0.25, 0.3) is 0 Å². The molecule has 204 valence electrons. The summed E-state index contributed by atoms with van der Waals surface area (Å²) in [4.78, 5) is 19.7. The predicted molar refractivity (Wildman–Crippen MR) is 149 cm³/mol. The summed E-state index contributed by atoms with van der Waals surface area (Å²) in [5.41, 5.74) is 4.63. The molecule has 39 heavy (non-hydrogen) atoms. The first-order valence-corrected chi connectivity index (χ1v) is 15.8. The molecule has 2 atom stereocenters. The van der Waals surface area contributed by atoms with E-state index in [1.807, 2.05) is 18.2 Å². The number of hydrazone groups is 1. The topological polar surface area (TPSA) is 110 Å². The molecular formula is C28H31ClN6O3S. The fourth-order valence-corrected chi connectivity index (χ4v) is 7.71. The highest BCUT2D eigenvalue weighted by Crippen LogP contribution is 2.45. The van der Waals surface area contributed by atoms with E-state index in [0.29, 0.717) is 48.4 Å². The average molecular weight is 567 g/mol. The molecule has 11 heteroatoms. The quantitative estimate of drug-likeness (QED) is 0.558. The number of sulfonamides is 1. The first-order valence-electron chi connectivity index (χ1n) is 13.6. The van der Waals surface area contributed by atoms with Crippen LogP contribution in [0, 0.1) is 23.2 Å². The predicted octanol–water partition coefficient (Wildman–Crippen LogP) is 3.67. The molecule has 2 aliphatic carbocycles. The molecule has 4 aliphatic rings. The van der Waals surface area contributed by atoms with Crippen molar-refractivity contribution >= 4 is 38.9 Å². The highest BCUT2D eigenvalue weighted by molar-refractivity contribution is 7.88. The second-order valence-electron chi connectivity index (χ2n) is 10.9. The Hall–Kier alpha value is -3.00. The number of rotatable bonds is 4. The van der Waals surface area contributed by atoms with E-state index in [1.165, 1.54) is 36.2 Å². The van der Waals surface area contributed by atoms with E-state index in [1.54, 1.807) is 17.0 Å². The van der Waals surface area contributed by atoms with Crippen molar-refractivity contribution in [1.82, 2.24) is 14.2 Å². The van der Waals surface area contributed by atoms with Crippen LogP contribution in [-0.2, 0) is 16.4 Å².